The van der Waals surface area contributed by atoms with E-state index in [1.54, 1.807) is 14.4 Å². The van der Waals surface area contributed by atoms with Crippen molar-refractivity contribution < 1.29 is 20.3 Å². The van der Waals surface area contributed by atoms with Crippen LogP contribution in [-0.4, -0.2) is 0 Å². The van der Waals surface area contributed by atoms with Crippen LogP contribution >= 0.6 is 0 Å². The molecule has 0 amide bonds. The van der Waals surface area contributed by atoms with E-state index in [2.05, 4.69) is 155 Å². The Balaban J connectivity index is 1.44. The van der Waals surface area contributed by atoms with Crippen LogP contribution in [0.1, 0.15) is 89.7 Å². The summed E-state index contributed by atoms with van der Waals surface area (Å²) >= 11 is -3.15. The Morgan fingerprint density at radius 1 is 0.636 bits per heavy atom. The zero-order valence-corrected chi connectivity index (χ0v) is 30.5. The Labute approximate surface area is 269 Å². The summed E-state index contributed by atoms with van der Waals surface area (Å²) < 4.78 is 7.66. The molecular formula is C43H46Zr. The van der Waals surface area contributed by atoms with Gasteiger partial charge in [0.2, 0.25) is 0 Å². The Bertz CT molecular complexity index is 1990. The van der Waals surface area contributed by atoms with Crippen LogP contribution in [0.5, 0.6) is 0 Å². The second kappa shape index (κ2) is 10.3. The van der Waals surface area contributed by atoms with Crippen molar-refractivity contribution in [3.8, 4) is 11.1 Å². The molecule has 1 atom stereocenters. The summed E-state index contributed by atoms with van der Waals surface area (Å²) in [5.74, 6) is 0. The average Bonchev–Trinajstić information content (AvgIpc) is 3.54. The zero-order chi connectivity index (χ0) is 31.2. The number of hydrogen-bond acceptors (Lipinski definition) is 0. The molecule has 2 aliphatic carbocycles. The zero-order valence-electron chi connectivity index (χ0n) is 28.0. The third-order valence-electron chi connectivity index (χ3n) is 10.5. The SMILES string of the molecule is Cc1cccc2c(C3=C[CH]([Zr]([CH3])([CH3])[c]4c(C(C)(C)C)ccc5c4Cc4cc(C(C)(C)C)ccc4-5)c4ccccc43)cccc12. The van der Waals surface area contributed by atoms with Crippen molar-refractivity contribution in [1.82, 2.24) is 0 Å². The van der Waals surface area contributed by atoms with Gasteiger partial charge in [0, 0.05) is 0 Å². The van der Waals surface area contributed by atoms with Crippen LogP contribution in [0.2, 0.25) is 9.26 Å². The summed E-state index contributed by atoms with van der Waals surface area (Å²) in [4.78, 5) is 0. The molecule has 5 aromatic carbocycles. The molecular weight excluding hydrogens is 608 g/mol. The van der Waals surface area contributed by atoms with E-state index in [1.165, 1.54) is 60.9 Å². The van der Waals surface area contributed by atoms with Crippen molar-refractivity contribution in [2.45, 2.75) is 78.6 Å². The molecule has 0 fully saturated rings. The summed E-state index contributed by atoms with van der Waals surface area (Å²) in [5.41, 5.74) is 16.4. The Morgan fingerprint density at radius 2 is 1.32 bits per heavy atom. The summed E-state index contributed by atoms with van der Waals surface area (Å²) in [6.45, 7) is 16.5. The first kappa shape index (κ1) is 29.7. The predicted octanol–water partition coefficient (Wildman–Crippen LogP) is 11.4. The standard InChI is InChI=1S/C21H25.C20H15.2CH3.Zr/c1-20(2,3)16-7-9-18-14(12-16)11-15-13-17(21(4,5)6)8-10-19(15)18;1-14-6-4-10-18-16(14)9-5-11-19(18)20-13-12-15-7-2-3-8-17(15)20;;;/h7-10,12H,11H2,1-6H3;2-13H,1H3;2*1H3;. The number of rotatable bonds is 3. The molecule has 7 rings (SSSR count). The maximum absolute atomic E-state index is 3.15. The second-order valence-electron chi connectivity index (χ2n) is 15.9. The van der Waals surface area contributed by atoms with Crippen molar-refractivity contribution >= 4 is 19.6 Å². The van der Waals surface area contributed by atoms with Crippen LogP contribution in [0, 0.1) is 6.92 Å². The van der Waals surface area contributed by atoms with E-state index >= 15 is 0 Å². The molecule has 0 saturated heterocycles. The topological polar surface area (TPSA) is 0 Å². The monoisotopic (exact) mass is 652 g/mol. The van der Waals surface area contributed by atoms with Crippen LogP contribution in [0.25, 0.3) is 27.5 Å². The van der Waals surface area contributed by atoms with Crippen molar-refractivity contribution in [1.29, 1.82) is 0 Å². The molecule has 0 nitrogen and oxygen atoms in total. The van der Waals surface area contributed by atoms with Gasteiger partial charge in [0.05, 0.1) is 0 Å². The summed E-state index contributed by atoms with van der Waals surface area (Å²) in [7, 11) is 0. The number of fused-ring (bicyclic) bond motifs is 5. The van der Waals surface area contributed by atoms with Gasteiger partial charge in [-0.2, -0.15) is 0 Å². The van der Waals surface area contributed by atoms with Gasteiger partial charge in [-0.1, -0.05) is 0 Å². The minimum absolute atomic E-state index is 0.0850. The molecule has 0 bridgehead atoms. The van der Waals surface area contributed by atoms with E-state index in [4.69, 9.17) is 0 Å². The van der Waals surface area contributed by atoms with Gasteiger partial charge in [0.1, 0.15) is 0 Å². The predicted molar refractivity (Wildman–Crippen MR) is 188 cm³/mol. The molecule has 0 aromatic heterocycles. The first-order chi connectivity index (χ1) is 20.8. The van der Waals surface area contributed by atoms with Gasteiger partial charge >= 0.3 is 271 Å². The van der Waals surface area contributed by atoms with Crippen LogP contribution in [0.3, 0.4) is 0 Å². The molecule has 1 heteroatoms. The van der Waals surface area contributed by atoms with Crippen molar-refractivity contribution in [3.63, 3.8) is 0 Å². The van der Waals surface area contributed by atoms with Crippen LogP contribution in [0.15, 0.2) is 97.1 Å². The van der Waals surface area contributed by atoms with Crippen molar-refractivity contribution in [2.75, 3.05) is 0 Å². The normalized spacial score (nSPS) is 16.1. The van der Waals surface area contributed by atoms with E-state index in [0.29, 0.717) is 3.63 Å². The maximum atomic E-state index is 2.72. The van der Waals surface area contributed by atoms with E-state index in [9.17, 15) is 0 Å². The second-order valence-corrected chi connectivity index (χ2v) is 27.1. The van der Waals surface area contributed by atoms with Crippen molar-refractivity contribution in [3.05, 3.63) is 142 Å². The third kappa shape index (κ3) is 4.65. The Kier molecular flexibility index (Phi) is 6.92. The Morgan fingerprint density at radius 3 is 2.07 bits per heavy atom. The molecule has 222 valence electrons. The van der Waals surface area contributed by atoms with Gasteiger partial charge in [-0.25, -0.2) is 0 Å². The molecule has 0 radical (unpaired) electrons. The number of allylic oxidation sites excluding steroid dienone is 1. The first-order valence-corrected chi connectivity index (χ1v) is 23.9. The quantitative estimate of drug-likeness (QED) is 0.178. The van der Waals surface area contributed by atoms with E-state index in [1.807, 2.05) is 0 Å². The van der Waals surface area contributed by atoms with Gasteiger partial charge < -0.3 is 0 Å². The number of aryl methyl sites for hydroxylation is 1. The van der Waals surface area contributed by atoms with Crippen LogP contribution in [0.4, 0.5) is 0 Å². The molecule has 0 heterocycles. The first-order valence-electron chi connectivity index (χ1n) is 16.4. The van der Waals surface area contributed by atoms with Gasteiger partial charge in [-0.15, -0.1) is 0 Å². The fourth-order valence-corrected chi connectivity index (χ4v) is 18.2. The molecule has 0 N–H and O–H groups in total. The molecule has 1 unspecified atom stereocenters. The van der Waals surface area contributed by atoms with Gasteiger partial charge in [-0.3, -0.25) is 0 Å². The summed E-state index contributed by atoms with van der Waals surface area (Å²) in [6.07, 6.45) is 3.76. The molecule has 44 heavy (non-hydrogen) atoms. The van der Waals surface area contributed by atoms with Crippen LogP contribution < -0.4 is 3.27 Å². The van der Waals surface area contributed by atoms with E-state index in [0.717, 1.165) is 6.42 Å². The minimum atomic E-state index is -3.15. The van der Waals surface area contributed by atoms with Gasteiger partial charge in [-0.05, 0) is 0 Å². The van der Waals surface area contributed by atoms with E-state index in [-0.39, 0.29) is 10.8 Å². The molecule has 0 aliphatic heterocycles. The molecule has 5 aromatic rings. The molecule has 0 saturated carbocycles. The average molecular weight is 654 g/mol. The Hall–Kier alpha value is -3.02. The van der Waals surface area contributed by atoms with Gasteiger partial charge in [0.15, 0.2) is 0 Å². The number of hydrogen-bond donors (Lipinski definition) is 0. The number of benzene rings is 5. The third-order valence-corrected chi connectivity index (χ3v) is 20.1. The summed E-state index contributed by atoms with van der Waals surface area (Å²) in [5, 5.41) is 2.72. The fourth-order valence-electron chi connectivity index (χ4n) is 8.15. The molecule has 2 aliphatic rings. The summed E-state index contributed by atoms with van der Waals surface area (Å²) in [6, 6.07) is 35.2. The molecule has 0 spiro atoms. The van der Waals surface area contributed by atoms with E-state index < -0.39 is 20.3 Å². The fraction of sp³-hybridized carbons (Fsp3) is 0.302. The van der Waals surface area contributed by atoms with Crippen molar-refractivity contribution in [2.24, 2.45) is 0 Å². The van der Waals surface area contributed by atoms with Crippen LogP contribution in [-0.2, 0) is 37.5 Å². The van der Waals surface area contributed by atoms with Gasteiger partial charge in [0.25, 0.3) is 0 Å².